The number of aromatic nitrogens is 1. The molecule has 8 heteroatoms. The van der Waals surface area contributed by atoms with Gasteiger partial charge in [0.15, 0.2) is 0 Å². The van der Waals surface area contributed by atoms with Crippen LogP contribution in [0.1, 0.15) is 16.1 Å². The number of anilines is 1. The number of aliphatic hydroxyl groups excluding tert-OH is 1. The fourth-order valence-corrected chi connectivity index (χ4v) is 2.86. The average molecular weight is 416 g/mol. The fraction of sp³-hybridized carbons (Fsp3) is 0.111. The molecule has 7 nitrogen and oxygen atoms in total. The molecular weight excluding hydrogens is 402 g/mol. The van der Waals surface area contributed by atoms with E-state index in [1.807, 2.05) is 0 Å². The molecule has 26 heavy (non-hydrogen) atoms. The third-order valence-corrected chi connectivity index (χ3v) is 4.22. The van der Waals surface area contributed by atoms with E-state index in [9.17, 15) is 14.4 Å². The number of hydrogen-bond donors (Lipinski definition) is 2. The Hall–Kier alpha value is -2.84. The first kappa shape index (κ1) is 18.0. The molecule has 0 radical (unpaired) electrons. The quantitative estimate of drug-likeness (QED) is 0.550. The number of halogens is 1. The summed E-state index contributed by atoms with van der Waals surface area (Å²) >= 11 is 3.33. The fourth-order valence-electron chi connectivity index (χ4n) is 2.50. The van der Waals surface area contributed by atoms with E-state index in [4.69, 9.17) is 5.11 Å². The molecule has 2 amide bonds. The van der Waals surface area contributed by atoms with Gasteiger partial charge in [-0.1, -0.05) is 22.0 Å². The summed E-state index contributed by atoms with van der Waals surface area (Å²) in [7, 11) is 0. The zero-order chi connectivity index (χ0) is 18.7. The van der Waals surface area contributed by atoms with Gasteiger partial charge in [0.2, 0.25) is 5.78 Å². The normalized spacial score (nSPS) is 13.8. The zero-order valence-corrected chi connectivity index (χ0v) is 15.1. The van der Waals surface area contributed by atoms with E-state index in [0.29, 0.717) is 15.7 Å². The molecule has 1 aromatic carbocycles. The Kier molecular flexibility index (Phi) is 5.24. The predicted octanol–water partition coefficient (Wildman–Crippen LogP) is 1.73. The van der Waals surface area contributed by atoms with Crippen LogP contribution in [0.5, 0.6) is 0 Å². The standard InChI is InChI=1S/C18H14BrN3O4/c19-11-4-5-13(12(9-11)17(25)14-3-1-2-6-20-14)21-15-10-16(24)22(7-8-23)18(15)26/h1-6,9-10,21,23H,7-8H2. The van der Waals surface area contributed by atoms with E-state index in [2.05, 4.69) is 26.2 Å². The summed E-state index contributed by atoms with van der Waals surface area (Å²) in [4.78, 5) is 41.9. The Morgan fingerprint density at radius 1 is 1.23 bits per heavy atom. The molecule has 0 aliphatic carbocycles. The summed E-state index contributed by atoms with van der Waals surface area (Å²) < 4.78 is 0.687. The zero-order valence-electron chi connectivity index (χ0n) is 13.5. The van der Waals surface area contributed by atoms with Crippen LogP contribution in [-0.2, 0) is 9.59 Å². The van der Waals surface area contributed by atoms with Gasteiger partial charge in [-0.05, 0) is 30.3 Å². The Bertz CT molecular complexity index is 912. The van der Waals surface area contributed by atoms with E-state index < -0.39 is 11.8 Å². The van der Waals surface area contributed by atoms with Crippen LogP contribution in [0.25, 0.3) is 0 Å². The molecule has 0 saturated carbocycles. The maximum Gasteiger partial charge on any atom is 0.277 e. The summed E-state index contributed by atoms with van der Waals surface area (Å²) in [5, 5.41) is 11.8. The molecule has 1 aliphatic heterocycles. The van der Waals surface area contributed by atoms with Crippen molar-refractivity contribution in [2.45, 2.75) is 0 Å². The number of pyridine rings is 1. The monoisotopic (exact) mass is 415 g/mol. The van der Waals surface area contributed by atoms with Gasteiger partial charge in [0.25, 0.3) is 11.8 Å². The molecule has 0 unspecified atom stereocenters. The number of nitrogens with one attached hydrogen (secondary N) is 1. The van der Waals surface area contributed by atoms with Crippen LogP contribution in [0.2, 0.25) is 0 Å². The van der Waals surface area contributed by atoms with Gasteiger partial charge in [0.1, 0.15) is 11.4 Å². The molecule has 2 heterocycles. The van der Waals surface area contributed by atoms with Gasteiger partial charge in [-0.3, -0.25) is 24.3 Å². The molecule has 0 spiro atoms. The Labute approximate surface area is 157 Å². The Morgan fingerprint density at radius 2 is 2.04 bits per heavy atom. The van der Waals surface area contributed by atoms with E-state index in [1.165, 1.54) is 6.20 Å². The lowest BCUT2D eigenvalue weighted by molar-refractivity contribution is -0.137. The predicted molar refractivity (Wildman–Crippen MR) is 97.3 cm³/mol. The summed E-state index contributed by atoms with van der Waals surface area (Å²) in [6, 6.07) is 9.98. The highest BCUT2D eigenvalue weighted by atomic mass is 79.9. The van der Waals surface area contributed by atoms with Crippen LogP contribution in [0.3, 0.4) is 0 Å². The van der Waals surface area contributed by atoms with Crippen molar-refractivity contribution < 1.29 is 19.5 Å². The lowest BCUT2D eigenvalue weighted by atomic mass is 10.1. The maximum absolute atomic E-state index is 12.8. The van der Waals surface area contributed by atoms with Gasteiger partial charge in [0.05, 0.1) is 18.8 Å². The van der Waals surface area contributed by atoms with E-state index in [1.54, 1.807) is 36.4 Å². The van der Waals surface area contributed by atoms with Crippen LogP contribution in [-0.4, -0.2) is 45.7 Å². The van der Waals surface area contributed by atoms with Crippen molar-refractivity contribution in [2.75, 3.05) is 18.5 Å². The van der Waals surface area contributed by atoms with Crippen molar-refractivity contribution in [1.82, 2.24) is 9.88 Å². The van der Waals surface area contributed by atoms with Gasteiger partial charge < -0.3 is 10.4 Å². The number of imide groups is 1. The minimum Gasteiger partial charge on any atom is -0.395 e. The largest absolute Gasteiger partial charge is 0.395 e. The van der Waals surface area contributed by atoms with Crippen LogP contribution < -0.4 is 5.32 Å². The van der Waals surface area contributed by atoms with Crippen molar-refractivity contribution in [3.63, 3.8) is 0 Å². The minimum atomic E-state index is -0.553. The van der Waals surface area contributed by atoms with E-state index >= 15 is 0 Å². The number of carbonyl (C=O) groups excluding carboxylic acids is 3. The van der Waals surface area contributed by atoms with Crippen LogP contribution in [0.4, 0.5) is 5.69 Å². The lowest BCUT2D eigenvalue weighted by Gasteiger charge is -2.15. The first-order valence-electron chi connectivity index (χ1n) is 7.72. The molecular formula is C18H14BrN3O4. The van der Waals surface area contributed by atoms with Crippen LogP contribution in [0, 0.1) is 0 Å². The number of β-amino-alcohol motifs (C(OH)–C–C–N with tert-alkyl or cyclic N) is 1. The smallest absolute Gasteiger partial charge is 0.277 e. The van der Waals surface area contributed by atoms with Crippen molar-refractivity contribution in [1.29, 1.82) is 0 Å². The number of rotatable bonds is 6. The number of carbonyl (C=O) groups is 3. The van der Waals surface area contributed by atoms with E-state index in [-0.39, 0.29) is 30.3 Å². The van der Waals surface area contributed by atoms with Gasteiger partial charge in [0, 0.05) is 22.3 Å². The molecule has 1 aromatic heterocycles. The minimum absolute atomic E-state index is 0.0424. The van der Waals surface area contributed by atoms with E-state index in [0.717, 1.165) is 11.0 Å². The summed E-state index contributed by atoms with van der Waals surface area (Å²) in [5.41, 5.74) is 0.987. The number of amides is 2. The maximum atomic E-state index is 12.8. The molecule has 0 fully saturated rings. The molecule has 0 atom stereocenters. The molecule has 132 valence electrons. The topological polar surface area (TPSA) is 99.6 Å². The highest BCUT2D eigenvalue weighted by molar-refractivity contribution is 9.10. The Morgan fingerprint density at radius 3 is 2.73 bits per heavy atom. The average Bonchev–Trinajstić information content (AvgIpc) is 2.91. The number of nitrogens with zero attached hydrogens (tertiary/aromatic N) is 2. The molecule has 2 aromatic rings. The second-order valence-electron chi connectivity index (χ2n) is 5.44. The number of benzene rings is 1. The van der Waals surface area contributed by atoms with Gasteiger partial charge in [-0.25, -0.2) is 0 Å². The number of hydrogen-bond acceptors (Lipinski definition) is 6. The SMILES string of the molecule is O=C(c1ccccn1)c1cc(Br)ccc1NC1=CC(=O)N(CCO)C1=O. The first-order chi connectivity index (χ1) is 12.5. The number of aliphatic hydroxyl groups is 1. The van der Waals surface area contributed by atoms with Crippen LogP contribution in [0.15, 0.2) is 58.8 Å². The highest BCUT2D eigenvalue weighted by Crippen LogP contribution is 2.26. The number of ketones is 1. The highest BCUT2D eigenvalue weighted by Gasteiger charge is 2.31. The van der Waals surface area contributed by atoms with Gasteiger partial charge in [-0.2, -0.15) is 0 Å². The second kappa shape index (κ2) is 7.59. The lowest BCUT2D eigenvalue weighted by Crippen LogP contribution is -2.34. The molecule has 1 aliphatic rings. The summed E-state index contributed by atoms with van der Waals surface area (Å²) in [6.07, 6.45) is 2.67. The third kappa shape index (κ3) is 3.56. The summed E-state index contributed by atoms with van der Waals surface area (Å²) in [5.74, 6) is -1.39. The summed E-state index contributed by atoms with van der Waals surface area (Å²) in [6.45, 7) is -0.403. The first-order valence-corrected chi connectivity index (χ1v) is 8.51. The molecule has 2 N–H and O–H groups in total. The van der Waals surface area contributed by atoms with Crippen molar-refractivity contribution in [3.8, 4) is 0 Å². The second-order valence-corrected chi connectivity index (χ2v) is 6.35. The molecule has 0 bridgehead atoms. The van der Waals surface area contributed by atoms with Gasteiger partial charge in [-0.15, -0.1) is 0 Å². The van der Waals surface area contributed by atoms with Crippen LogP contribution >= 0.6 is 15.9 Å². The molecule has 0 saturated heterocycles. The third-order valence-electron chi connectivity index (χ3n) is 3.73. The van der Waals surface area contributed by atoms with Gasteiger partial charge >= 0.3 is 0 Å². The molecule has 3 rings (SSSR count). The Balaban J connectivity index is 1.92. The van der Waals surface area contributed by atoms with Crippen molar-refractivity contribution >= 4 is 39.2 Å². The van der Waals surface area contributed by atoms with Crippen molar-refractivity contribution in [3.05, 3.63) is 70.1 Å². The van der Waals surface area contributed by atoms with Crippen molar-refractivity contribution in [2.24, 2.45) is 0 Å².